The number of nitrogens with one attached hydrogen (secondary N) is 2. The van der Waals surface area contributed by atoms with Crippen LogP contribution in [0, 0.1) is 6.92 Å². The van der Waals surface area contributed by atoms with E-state index in [0.29, 0.717) is 17.8 Å². The molecule has 2 aromatic heterocycles. The first kappa shape index (κ1) is 16.3. The summed E-state index contributed by atoms with van der Waals surface area (Å²) >= 11 is 0. The molecule has 0 saturated heterocycles. The van der Waals surface area contributed by atoms with Crippen LogP contribution in [0.15, 0.2) is 16.9 Å². The van der Waals surface area contributed by atoms with Gasteiger partial charge in [-0.25, -0.2) is 0 Å². The fourth-order valence-electron chi connectivity index (χ4n) is 3.08. The Kier molecular flexibility index (Phi) is 4.42. The maximum Gasteiger partial charge on any atom is 0.269 e. The zero-order chi connectivity index (χ0) is 17.3. The van der Waals surface area contributed by atoms with E-state index in [0.717, 1.165) is 36.1 Å². The van der Waals surface area contributed by atoms with E-state index in [1.165, 1.54) is 12.5 Å². The van der Waals surface area contributed by atoms with Crippen molar-refractivity contribution < 1.29 is 14.0 Å². The smallest absolute Gasteiger partial charge is 0.269 e. The summed E-state index contributed by atoms with van der Waals surface area (Å²) in [6.07, 6.45) is 5.85. The predicted molar refractivity (Wildman–Crippen MR) is 87.9 cm³/mol. The molecule has 0 fully saturated rings. The molecule has 7 heteroatoms. The Morgan fingerprint density at radius 2 is 2.12 bits per heavy atom. The number of carbonyl (C=O) groups excluding carboxylic acids is 2. The highest BCUT2D eigenvalue weighted by Gasteiger charge is 2.25. The monoisotopic (exact) mass is 330 g/mol. The zero-order valence-electron chi connectivity index (χ0n) is 14.2. The highest BCUT2D eigenvalue weighted by Crippen LogP contribution is 2.24. The molecule has 24 heavy (non-hydrogen) atoms. The lowest BCUT2D eigenvalue weighted by Crippen LogP contribution is -2.42. The van der Waals surface area contributed by atoms with Gasteiger partial charge in [-0.1, -0.05) is 0 Å². The first-order valence-corrected chi connectivity index (χ1v) is 8.14. The molecular formula is C17H22N4O3. The number of furan rings is 1. The third kappa shape index (κ3) is 3.06. The third-order valence-electron chi connectivity index (χ3n) is 4.33. The molecule has 0 aromatic carbocycles. The van der Waals surface area contributed by atoms with Gasteiger partial charge in [-0.05, 0) is 38.7 Å². The first-order valence-electron chi connectivity index (χ1n) is 8.14. The summed E-state index contributed by atoms with van der Waals surface area (Å²) in [5.74, 6) is -0.349. The van der Waals surface area contributed by atoms with E-state index >= 15 is 0 Å². The second kappa shape index (κ2) is 6.51. The van der Waals surface area contributed by atoms with E-state index in [1.807, 2.05) is 13.8 Å². The summed E-state index contributed by atoms with van der Waals surface area (Å²) in [4.78, 5) is 24.6. The average Bonchev–Trinajstić information content (AvgIpc) is 3.20. The minimum absolute atomic E-state index is 0.145. The van der Waals surface area contributed by atoms with E-state index in [1.54, 1.807) is 11.7 Å². The van der Waals surface area contributed by atoms with Gasteiger partial charge >= 0.3 is 0 Å². The van der Waals surface area contributed by atoms with Crippen molar-refractivity contribution in [2.24, 2.45) is 7.05 Å². The molecule has 7 nitrogen and oxygen atoms in total. The van der Waals surface area contributed by atoms with Gasteiger partial charge in [-0.2, -0.15) is 5.10 Å². The van der Waals surface area contributed by atoms with Crippen LogP contribution in [-0.4, -0.2) is 34.2 Å². The van der Waals surface area contributed by atoms with Crippen LogP contribution >= 0.6 is 0 Å². The van der Waals surface area contributed by atoms with Crippen LogP contribution in [0.1, 0.15) is 51.0 Å². The zero-order valence-corrected chi connectivity index (χ0v) is 14.2. The second-order valence-electron chi connectivity index (χ2n) is 6.30. The molecule has 2 amide bonds. The van der Waals surface area contributed by atoms with Crippen molar-refractivity contribution in [3.63, 3.8) is 0 Å². The summed E-state index contributed by atoms with van der Waals surface area (Å²) in [7, 11) is 1.79. The van der Waals surface area contributed by atoms with E-state index in [2.05, 4.69) is 15.7 Å². The molecule has 0 aliphatic heterocycles. The molecule has 0 radical (unpaired) electrons. The van der Waals surface area contributed by atoms with E-state index in [4.69, 9.17) is 4.42 Å². The Morgan fingerprint density at radius 1 is 1.33 bits per heavy atom. The standard InChI is InChI=1S/C17H22N4O3/c1-10-8-24-9-13(10)16(22)19-11(2)7-18-17(23)15-12-5-4-6-14(12)20-21(15)3/h8-9,11H,4-7H2,1-3H3,(H,18,23)(H,19,22). The van der Waals surface area contributed by atoms with Crippen LogP contribution < -0.4 is 10.6 Å². The molecule has 2 N–H and O–H groups in total. The van der Waals surface area contributed by atoms with Crippen molar-refractivity contribution in [2.45, 2.75) is 39.2 Å². The molecule has 1 aliphatic carbocycles. The molecule has 1 atom stereocenters. The average molecular weight is 330 g/mol. The molecule has 0 spiro atoms. The highest BCUT2D eigenvalue weighted by molar-refractivity contribution is 5.96. The van der Waals surface area contributed by atoms with Crippen molar-refractivity contribution >= 4 is 11.8 Å². The van der Waals surface area contributed by atoms with Gasteiger partial charge in [0, 0.05) is 25.2 Å². The van der Waals surface area contributed by atoms with Crippen molar-refractivity contribution in [1.29, 1.82) is 0 Å². The third-order valence-corrected chi connectivity index (χ3v) is 4.33. The van der Waals surface area contributed by atoms with Gasteiger partial charge in [-0.15, -0.1) is 0 Å². The van der Waals surface area contributed by atoms with Gasteiger partial charge in [0.25, 0.3) is 11.8 Å². The van der Waals surface area contributed by atoms with Gasteiger partial charge in [0.05, 0.1) is 17.5 Å². The fraction of sp³-hybridized carbons (Fsp3) is 0.471. The Bertz CT molecular complexity index is 775. The normalized spacial score (nSPS) is 14.3. The van der Waals surface area contributed by atoms with Crippen molar-refractivity contribution in [3.05, 3.63) is 40.6 Å². The number of rotatable bonds is 5. The minimum atomic E-state index is -0.204. The lowest BCUT2D eigenvalue weighted by atomic mass is 10.2. The van der Waals surface area contributed by atoms with E-state index < -0.39 is 0 Å². The topological polar surface area (TPSA) is 89.2 Å². The second-order valence-corrected chi connectivity index (χ2v) is 6.30. The van der Waals surface area contributed by atoms with Gasteiger partial charge in [-0.3, -0.25) is 14.3 Å². The van der Waals surface area contributed by atoms with Crippen LogP contribution in [-0.2, 0) is 19.9 Å². The molecule has 1 unspecified atom stereocenters. The summed E-state index contributed by atoms with van der Waals surface area (Å²) in [6.45, 7) is 4.01. The predicted octanol–water partition coefficient (Wildman–Crippen LogP) is 1.36. The maximum atomic E-state index is 12.5. The molecular weight excluding hydrogens is 308 g/mol. The number of aromatic nitrogens is 2. The molecule has 1 aliphatic rings. The van der Waals surface area contributed by atoms with E-state index in [-0.39, 0.29) is 17.9 Å². The number of fused-ring (bicyclic) bond motifs is 1. The lowest BCUT2D eigenvalue weighted by Gasteiger charge is -2.15. The van der Waals surface area contributed by atoms with Crippen molar-refractivity contribution in [3.8, 4) is 0 Å². The lowest BCUT2D eigenvalue weighted by molar-refractivity contribution is 0.0906. The van der Waals surface area contributed by atoms with E-state index in [9.17, 15) is 9.59 Å². The maximum absolute atomic E-state index is 12.5. The van der Waals surface area contributed by atoms with Crippen molar-refractivity contribution in [2.75, 3.05) is 6.54 Å². The first-order chi connectivity index (χ1) is 11.5. The molecule has 0 saturated carbocycles. The Balaban J connectivity index is 1.57. The number of nitrogens with zero attached hydrogens (tertiary/aromatic N) is 2. The van der Waals surface area contributed by atoms with Crippen LogP contribution in [0.5, 0.6) is 0 Å². The Hall–Kier alpha value is -2.57. The molecule has 3 rings (SSSR count). The van der Waals surface area contributed by atoms with Crippen LogP contribution in [0.25, 0.3) is 0 Å². The number of carbonyl (C=O) groups is 2. The van der Waals surface area contributed by atoms with Crippen molar-refractivity contribution in [1.82, 2.24) is 20.4 Å². The van der Waals surface area contributed by atoms with Gasteiger partial charge in [0.1, 0.15) is 12.0 Å². The molecule has 128 valence electrons. The molecule has 2 heterocycles. The van der Waals surface area contributed by atoms with Crippen LogP contribution in [0.2, 0.25) is 0 Å². The summed E-state index contributed by atoms with van der Waals surface area (Å²) in [5.41, 5.74) is 4.01. The number of amides is 2. The SMILES string of the molecule is Cc1cocc1C(=O)NC(C)CNC(=O)c1c2c(nn1C)CCC2. The fourth-order valence-corrected chi connectivity index (χ4v) is 3.08. The van der Waals surface area contributed by atoms with Gasteiger partial charge in [0.2, 0.25) is 0 Å². The van der Waals surface area contributed by atoms with Crippen LogP contribution in [0.4, 0.5) is 0 Å². The molecule has 2 aromatic rings. The summed E-state index contributed by atoms with van der Waals surface area (Å²) in [6, 6.07) is -0.197. The number of aryl methyl sites for hydroxylation is 3. The quantitative estimate of drug-likeness (QED) is 0.866. The minimum Gasteiger partial charge on any atom is -0.471 e. The van der Waals surface area contributed by atoms with Gasteiger partial charge in [0.15, 0.2) is 0 Å². The highest BCUT2D eigenvalue weighted by atomic mass is 16.3. The van der Waals surface area contributed by atoms with Crippen LogP contribution in [0.3, 0.4) is 0 Å². The molecule has 0 bridgehead atoms. The number of hydrogen-bond acceptors (Lipinski definition) is 4. The number of hydrogen-bond donors (Lipinski definition) is 2. The Morgan fingerprint density at radius 3 is 2.83 bits per heavy atom. The largest absolute Gasteiger partial charge is 0.471 e. The Labute approximate surface area is 140 Å². The summed E-state index contributed by atoms with van der Waals surface area (Å²) < 4.78 is 6.66. The summed E-state index contributed by atoms with van der Waals surface area (Å²) in [5, 5.41) is 10.1. The van der Waals surface area contributed by atoms with Gasteiger partial charge < -0.3 is 15.1 Å².